The minimum Gasteiger partial charge on any atom is -0.361 e. The van der Waals surface area contributed by atoms with Crippen LogP contribution in [-0.2, 0) is 6.42 Å². The smallest absolute Gasteiger partial charge is 0.167 e. The number of aryl methyl sites for hydroxylation is 2. The standard InChI is InChI=1S/C13H13NO2/c1-9-12(10(2)16-14-9)8-13(15)11-6-4-3-5-7-11/h3-7H,8H2,1-2H3. The van der Waals surface area contributed by atoms with Gasteiger partial charge in [0.2, 0.25) is 0 Å². The summed E-state index contributed by atoms with van der Waals surface area (Å²) in [4.78, 5) is 11.9. The van der Waals surface area contributed by atoms with Crippen molar-refractivity contribution in [3.63, 3.8) is 0 Å². The highest BCUT2D eigenvalue weighted by molar-refractivity contribution is 5.97. The van der Waals surface area contributed by atoms with Crippen molar-refractivity contribution in [3.8, 4) is 0 Å². The van der Waals surface area contributed by atoms with E-state index in [1.165, 1.54) is 0 Å². The second kappa shape index (κ2) is 4.31. The first kappa shape index (κ1) is 10.6. The molecule has 3 nitrogen and oxygen atoms in total. The Balaban J connectivity index is 2.21. The van der Waals surface area contributed by atoms with Crippen molar-refractivity contribution in [2.75, 3.05) is 0 Å². The number of aromatic nitrogens is 1. The lowest BCUT2D eigenvalue weighted by molar-refractivity contribution is 0.0992. The van der Waals surface area contributed by atoms with E-state index in [0.717, 1.165) is 22.6 Å². The molecule has 0 radical (unpaired) electrons. The average Bonchev–Trinajstić information content (AvgIpc) is 2.62. The molecule has 0 aliphatic rings. The summed E-state index contributed by atoms with van der Waals surface area (Å²) in [5.41, 5.74) is 2.41. The van der Waals surface area contributed by atoms with E-state index in [1.54, 1.807) is 0 Å². The van der Waals surface area contributed by atoms with Crippen molar-refractivity contribution in [2.24, 2.45) is 0 Å². The predicted octanol–water partition coefficient (Wildman–Crippen LogP) is 2.72. The number of carbonyl (C=O) groups is 1. The first-order valence-electron chi connectivity index (χ1n) is 5.18. The lowest BCUT2D eigenvalue weighted by Gasteiger charge is -2.00. The molecule has 0 bridgehead atoms. The summed E-state index contributed by atoms with van der Waals surface area (Å²) in [6, 6.07) is 9.26. The molecule has 2 rings (SSSR count). The Bertz CT molecular complexity index is 480. The lowest BCUT2D eigenvalue weighted by Crippen LogP contribution is -2.04. The SMILES string of the molecule is Cc1noc(C)c1CC(=O)c1ccccc1. The molecule has 0 atom stereocenters. The Hall–Kier alpha value is -1.90. The van der Waals surface area contributed by atoms with Crippen molar-refractivity contribution in [3.05, 3.63) is 52.9 Å². The minimum atomic E-state index is 0.0926. The monoisotopic (exact) mass is 215 g/mol. The van der Waals surface area contributed by atoms with E-state index in [2.05, 4.69) is 5.16 Å². The molecular formula is C13H13NO2. The van der Waals surface area contributed by atoms with Crippen molar-refractivity contribution in [1.29, 1.82) is 0 Å². The number of benzene rings is 1. The van der Waals surface area contributed by atoms with Crippen molar-refractivity contribution < 1.29 is 9.32 Å². The first-order valence-corrected chi connectivity index (χ1v) is 5.18. The second-order valence-corrected chi connectivity index (χ2v) is 3.77. The highest BCUT2D eigenvalue weighted by Crippen LogP contribution is 2.15. The number of nitrogens with zero attached hydrogens (tertiary/aromatic N) is 1. The van der Waals surface area contributed by atoms with E-state index < -0.39 is 0 Å². The summed E-state index contributed by atoms with van der Waals surface area (Å²) in [7, 11) is 0. The predicted molar refractivity (Wildman–Crippen MR) is 60.5 cm³/mol. The molecule has 0 spiro atoms. The van der Waals surface area contributed by atoms with Gasteiger partial charge in [-0.25, -0.2) is 0 Å². The maximum Gasteiger partial charge on any atom is 0.167 e. The van der Waals surface area contributed by atoms with Gasteiger partial charge in [0.05, 0.1) is 5.69 Å². The van der Waals surface area contributed by atoms with Gasteiger partial charge >= 0.3 is 0 Å². The summed E-state index contributed by atoms with van der Waals surface area (Å²) < 4.78 is 5.03. The van der Waals surface area contributed by atoms with Crippen molar-refractivity contribution in [1.82, 2.24) is 5.16 Å². The fourth-order valence-electron chi connectivity index (χ4n) is 1.64. The summed E-state index contributed by atoms with van der Waals surface area (Å²) in [5.74, 6) is 0.816. The van der Waals surface area contributed by atoms with Crippen molar-refractivity contribution in [2.45, 2.75) is 20.3 Å². The Morgan fingerprint density at radius 3 is 2.50 bits per heavy atom. The maximum atomic E-state index is 11.9. The number of carbonyl (C=O) groups excluding carboxylic acids is 1. The van der Waals surface area contributed by atoms with Crippen LogP contribution in [0.4, 0.5) is 0 Å². The number of Topliss-reactive ketones (excluding diaryl/α,β-unsaturated/α-hetero) is 1. The topological polar surface area (TPSA) is 43.1 Å². The van der Waals surface area contributed by atoms with Gasteiger partial charge in [0.15, 0.2) is 5.78 Å². The van der Waals surface area contributed by atoms with Gasteiger partial charge in [0, 0.05) is 17.5 Å². The first-order chi connectivity index (χ1) is 7.68. The third kappa shape index (κ3) is 2.03. The van der Waals surface area contributed by atoms with E-state index in [-0.39, 0.29) is 5.78 Å². The molecule has 0 N–H and O–H groups in total. The Morgan fingerprint density at radius 2 is 1.94 bits per heavy atom. The molecule has 1 heterocycles. The quantitative estimate of drug-likeness (QED) is 0.739. The van der Waals surface area contributed by atoms with Gasteiger partial charge in [-0.15, -0.1) is 0 Å². The van der Waals surface area contributed by atoms with E-state index in [0.29, 0.717) is 6.42 Å². The summed E-state index contributed by atoms with van der Waals surface area (Å²) in [6.07, 6.45) is 0.352. The third-order valence-corrected chi connectivity index (χ3v) is 2.61. The molecule has 82 valence electrons. The fourth-order valence-corrected chi connectivity index (χ4v) is 1.64. The molecule has 16 heavy (non-hydrogen) atoms. The van der Waals surface area contributed by atoms with Crippen LogP contribution in [0.1, 0.15) is 27.4 Å². The third-order valence-electron chi connectivity index (χ3n) is 2.61. The Kier molecular flexibility index (Phi) is 2.86. The summed E-state index contributed by atoms with van der Waals surface area (Å²) in [5, 5.41) is 3.84. The number of ketones is 1. The van der Waals surface area contributed by atoms with Gasteiger partial charge in [0.1, 0.15) is 5.76 Å². The van der Waals surface area contributed by atoms with Gasteiger partial charge < -0.3 is 4.52 Å². The van der Waals surface area contributed by atoms with Crippen LogP contribution in [0, 0.1) is 13.8 Å². The maximum absolute atomic E-state index is 11.9. The summed E-state index contributed by atoms with van der Waals surface area (Å²) >= 11 is 0. The number of hydrogen-bond donors (Lipinski definition) is 0. The minimum absolute atomic E-state index is 0.0926. The van der Waals surface area contributed by atoms with Gasteiger partial charge in [-0.05, 0) is 13.8 Å². The molecule has 0 aliphatic carbocycles. The molecule has 0 unspecified atom stereocenters. The molecule has 0 fully saturated rings. The zero-order chi connectivity index (χ0) is 11.5. The zero-order valence-corrected chi connectivity index (χ0v) is 9.36. The summed E-state index contributed by atoms with van der Waals surface area (Å²) in [6.45, 7) is 3.68. The molecular weight excluding hydrogens is 202 g/mol. The molecule has 0 saturated carbocycles. The highest BCUT2D eigenvalue weighted by Gasteiger charge is 2.14. The average molecular weight is 215 g/mol. The number of hydrogen-bond acceptors (Lipinski definition) is 3. The van der Waals surface area contributed by atoms with Crippen LogP contribution in [0.3, 0.4) is 0 Å². The molecule has 1 aromatic carbocycles. The highest BCUT2D eigenvalue weighted by atomic mass is 16.5. The van der Waals surface area contributed by atoms with Crippen LogP contribution >= 0.6 is 0 Å². The van der Waals surface area contributed by atoms with E-state index >= 15 is 0 Å². The van der Waals surface area contributed by atoms with Gasteiger partial charge in [0.25, 0.3) is 0 Å². The van der Waals surface area contributed by atoms with Crippen LogP contribution in [0.2, 0.25) is 0 Å². The molecule has 1 aromatic heterocycles. The molecule has 3 heteroatoms. The zero-order valence-electron chi connectivity index (χ0n) is 9.36. The van der Waals surface area contributed by atoms with Crippen LogP contribution in [0.15, 0.2) is 34.9 Å². The van der Waals surface area contributed by atoms with E-state index in [9.17, 15) is 4.79 Å². The molecule has 0 saturated heterocycles. The normalized spacial score (nSPS) is 10.4. The Labute approximate surface area is 94.1 Å². The van der Waals surface area contributed by atoms with Crippen LogP contribution < -0.4 is 0 Å². The fraction of sp³-hybridized carbons (Fsp3) is 0.231. The van der Waals surface area contributed by atoms with Crippen molar-refractivity contribution >= 4 is 5.78 Å². The van der Waals surface area contributed by atoms with Gasteiger partial charge in [-0.1, -0.05) is 35.5 Å². The largest absolute Gasteiger partial charge is 0.361 e. The lowest BCUT2D eigenvalue weighted by atomic mass is 10.0. The molecule has 0 amide bonds. The van der Waals surface area contributed by atoms with Crippen LogP contribution in [-0.4, -0.2) is 10.9 Å². The van der Waals surface area contributed by atoms with E-state index in [4.69, 9.17) is 4.52 Å². The van der Waals surface area contributed by atoms with Crippen LogP contribution in [0.25, 0.3) is 0 Å². The van der Waals surface area contributed by atoms with E-state index in [1.807, 2.05) is 44.2 Å². The number of rotatable bonds is 3. The molecule has 2 aromatic rings. The van der Waals surface area contributed by atoms with Gasteiger partial charge in [-0.3, -0.25) is 4.79 Å². The van der Waals surface area contributed by atoms with Gasteiger partial charge in [-0.2, -0.15) is 0 Å². The van der Waals surface area contributed by atoms with Crippen LogP contribution in [0.5, 0.6) is 0 Å². The Morgan fingerprint density at radius 1 is 1.25 bits per heavy atom. The second-order valence-electron chi connectivity index (χ2n) is 3.77. The molecule has 0 aliphatic heterocycles.